The van der Waals surface area contributed by atoms with E-state index in [4.69, 9.17) is 13.6 Å². The molecular weight excluding hydrogens is 139 g/mol. The summed E-state index contributed by atoms with van der Waals surface area (Å²) in [7, 11) is -1.42. The molecule has 6 heavy (non-hydrogen) atoms. The van der Waals surface area contributed by atoms with E-state index in [1.807, 2.05) is 0 Å². The van der Waals surface area contributed by atoms with Crippen molar-refractivity contribution >= 4 is 38.5 Å². The summed E-state index contributed by atoms with van der Waals surface area (Å²) in [5, 5.41) is 0. The molecule has 0 heterocycles. The largest absolute Gasteiger partial charge is 0.549 e. The summed E-state index contributed by atoms with van der Waals surface area (Å²) >= 11 is 3.64. The van der Waals surface area contributed by atoms with Gasteiger partial charge in [0.15, 0.2) is 17.4 Å². The first kappa shape index (κ1) is 16.0. The molecule has 0 aliphatic heterocycles. The molecule has 0 aliphatic rings. The van der Waals surface area contributed by atoms with E-state index in [9.17, 15) is 0 Å². The maximum Gasteiger partial charge on any atom is 0.549 e. The van der Waals surface area contributed by atoms with Gasteiger partial charge in [-0.15, -0.1) is 0 Å². The van der Waals surface area contributed by atoms with Gasteiger partial charge in [0.1, 0.15) is 0 Å². The predicted octanol–water partition coefficient (Wildman–Crippen LogP) is -1.67. The quantitative estimate of drug-likeness (QED) is 0.412. The average molecular weight is 143 g/mol. The topological polar surface area (TPSA) is 54.4 Å². The van der Waals surface area contributed by atoms with Crippen LogP contribution in [0.2, 0.25) is 0 Å². The molecule has 0 rings (SSSR count). The SMILES string of the molecule is O=[Si]=O.OCl.[AlH3]. The zero-order valence-electron chi connectivity index (χ0n) is 2.14. The molecule has 3 nitrogen and oxygen atoms in total. The Hall–Kier alpha value is 0.599. The molecule has 0 fully saturated rings. The molecule has 0 spiro atoms. The van der Waals surface area contributed by atoms with Crippen molar-refractivity contribution in [3.8, 4) is 0 Å². The molecule has 0 atom stereocenters. The van der Waals surface area contributed by atoms with E-state index in [1.165, 1.54) is 0 Å². The Morgan fingerprint density at radius 1 is 1.33 bits per heavy atom. The molecule has 0 saturated heterocycles. The normalized spacial score (nSPS) is 2.33. The highest BCUT2D eigenvalue weighted by Gasteiger charge is 1.22. The predicted molar refractivity (Wildman–Crippen MR) is 25.1 cm³/mol. The van der Waals surface area contributed by atoms with Crippen LogP contribution in [-0.2, 0) is 8.92 Å². The molecule has 1 N–H and O–H groups in total. The standard InChI is InChI=1S/Al.ClHO.O2Si.3H/c;1-2;1-3-2;;;/h;2H;;;;. The highest BCUT2D eigenvalue weighted by atomic mass is 35.5. The van der Waals surface area contributed by atoms with Gasteiger partial charge in [-0.25, -0.2) is 0 Å². The average Bonchev–Trinajstić information content (AvgIpc) is 1.46. The van der Waals surface area contributed by atoms with Crippen molar-refractivity contribution in [2.24, 2.45) is 0 Å². The Labute approximate surface area is 52.6 Å². The van der Waals surface area contributed by atoms with E-state index in [0.717, 1.165) is 0 Å². The summed E-state index contributed by atoms with van der Waals surface area (Å²) in [5.74, 6) is 0. The van der Waals surface area contributed by atoms with Gasteiger partial charge in [0, 0.05) is 0 Å². The van der Waals surface area contributed by atoms with Crippen LogP contribution in [0.1, 0.15) is 0 Å². The zero-order chi connectivity index (χ0) is 4.71. The number of rotatable bonds is 0. The Bertz CT molecular complexity index is 31.8. The van der Waals surface area contributed by atoms with E-state index >= 15 is 0 Å². The second kappa shape index (κ2) is 46.3. The van der Waals surface area contributed by atoms with Crippen molar-refractivity contribution in [2.45, 2.75) is 0 Å². The zero-order valence-corrected chi connectivity index (χ0v) is 3.90. The fraction of sp³-hybridized carbons (Fsp3) is 0. The van der Waals surface area contributed by atoms with Crippen molar-refractivity contribution in [1.82, 2.24) is 0 Å². The summed E-state index contributed by atoms with van der Waals surface area (Å²) in [4.78, 5) is 0. The molecule has 0 amide bonds. The maximum absolute atomic E-state index is 8.40. The first-order valence-electron chi connectivity index (χ1n) is 0.577. The molecule has 0 aromatic carbocycles. The Balaban J connectivity index is -0.0000000275. The lowest BCUT2D eigenvalue weighted by molar-refractivity contribution is 0.497. The van der Waals surface area contributed by atoms with Crippen molar-refractivity contribution in [2.75, 3.05) is 0 Å². The lowest BCUT2D eigenvalue weighted by atomic mass is 15.9. The molecule has 0 saturated carbocycles. The molecule has 0 unspecified atom stereocenters. The molecule has 0 aromatic rings. The van der Waals surface area contributed by atoms with Crippen LogP contribution in [0.25, 0.3) is 0 Å². The monoisotopic (exact) mass is 142 g/mol. The van der Waals surface area contributed by atoms with Crippen LogP contribution < -0.4 is 0 Å². The smallest absolute Gasteiger partial charge is 0.295 e. The van der Waals surface area contributed by atoms with Crippen LogP contribution >= 0.6 is 11.9 Å². The van der Waals surface area contributed by atoms with E-state index in [0.29, 0.717) is 0 Å². The van der Waals surface area contributed by atoms with Gasteiger partial charge in [-0.05, 0) is 0 Å². The first-order chi connectivity index (χ1) is 2.41. The van der Waals surface area contributed by atoms with Gasteiger partial charge in [-0.1, -0.05) is 0 Å². The highest BCUT2D eigenvalue weighted by molar-refractivity contribution is 6.04. The van der Waals surface area contributed by atoms with Gasteiger partial charge in [-0.2, -0.15) is 0 Å². The summed E-state index contributed by atoms with van der Waals surface area (Å²) in [6.45, 7) is 0. The van der Waals surface area contributed by atoms with Crippen molar-refractivity contribution < 1.29 is 13.6 Å². The van der Waals surface area contributed by atoms with E-state index in [1.54, 1.807) is 0 Å². The van der Waals surface area contributed by atoms with Crippen molar-refractivity contribution in [1.29, 1.82) is 0 Å². The number of hydrogen-bond acceptors (Lipinski definition) is 3. The van der Waals surface area contributed by atoms with Gasteiger partial charge < -0.3 is 0 Å². The Morgan fingerprint density at radius 3 is 1.33 bits per heavy atom. The maximum atomic E-state index is 8.40. The third-order valence-corrected chi connectivity index (χ3v) is 0. The van der Waals surface area contributed by atoms with Crippen molar-refractivity contribution in [3.05, 3.63) is 0 Å². The summed E-state index contributed by atoms with van der Waals surface area (Å²) in [6.07, 6.45) is 0. The lowest BCUT2D eigenvalue weighted by Gasteiger charge is -1.13. The van der Waals surface area contributed by atoms with E-state index in [-0.39, 0.29) is 17.4 Å². The van der Waals surface area contributed by atoms with Crippen LogP contribution in [0, 0.1) is 0 Å². The minimum Gasteiger partial charge on any atom is -0.295 e. The molecule has 0 radical (unpaired) electrons. The molecule has 0 aliphatic carbocycles. The Morgan fingerprint density at radius 2 is 1.33 bits per heavy atom. The summed E-state index contributed by atoms with van der Waals surface area (Å²) in [5.41, 5.74) is 0. The van der Waals surface area contributed by atoms with Crippen LogP contribution in [0.4, 0.5) is 0 Å². The van der Waals surface area contributed by atoms with Crippen LogP contribution in [0.15, 0.2) is 0 Å². The first-order valence-corrected chi connectivity index (χ1v) is 1.73. The van der Waals surface area contributed by atoms with Gasteiger partial charge in [0.2, 0.25) is 0 Å². The molecule has 0 aromatic heterocycles. The van der Waals surface area contributed by atoms with Crippen LogP contribution in [0.5, 0.6) is 0 Å². The highest BCUT2D eigenvalue weighted by Crippen LogP contribution is 1.31. The molecule has 6 heteroatoms. The van der Waals surface area contributed by atoms with Gasteiger partial charge in [0.05, 0.1) is 11.9 Å². The minimum atomic E-state index is -1.42. The lowest BCUT2D eigenvalue weighted by Crippen LogP contribution is -1.26. The minimum absolute atomic E-state index is 0. The van der Waals surface area contributed by atoms with Crippen LogP contribution in [0.3, 0.4) is 0 Å². The number of hydrogen-bond donors (Lipinski definition) is 1. The van der Waals surface area contributed by atoms with E-state index in [2.05, 4.69) is 11.9 Å². The fourth-order valence-electron chi connectivity index (χ4n) is 0. The molecular formula is H4AlClO3Si. The van der Waals surface area contributed by atoms with E-state index < -0.39 is 9.29 Å². The Kier molecular flexibility index (Phi) is 123. The fourth-order valence-corrected chi connectivity index (χ4v) is 0. The summed E-state index contributed by atoms with van der Waals surface area (Å²) < 4.78 is 23.3. The molecule has 0 bridgehead atoms. The molecule has 36 valence electrons. The second-order valence-corrected chi connectivity index (χ2v) is 0.250. The van der Waals surface area contributed by atoms with Gasteiger partial charge in [-0.3, -0.25) is 13.6 Å². The number of halogens is 1. The van der Waals surface area contributed by atoms with Gasteiger partial charge in [0.25, 0.3) is 0 Å². The van der Waals surface area contributed by atoms with Gasteiger partial charge >= 0.3 is 9.29 Å². The van der Waals surface area contributed by atoms with Crippen molar-refractivity contribution in [3.63, 3.8) is 0 Å². The summed E-state index contributed by atoms with van der Waals surface area (Å²) in [6, 6.07) is 0. The van der Waals surface area contributed by atoms with Crippen LogP contribution in [-0.4, -0.2) is 31.3 Å². The second-order valence-electron chi connectivity index (χ2n) is 0.0833. The third-order valence-electron chi connectivity index (χ3n) is 0. The third kappa shape index (κ3) is 166.